The van der Waals surface area contributed by atoms with Crippen molar-refractivity contribution in [1.82, 2.24) is 0 Å². The van der Waals surface area contributed by atoms with E-state index in [0.717, 1.165) is 0 Å². The van der Waals surface area contributed by atoms with Crippen LogP contribution in [-0.2, 0) is 0 Å². The third kappa shape index (κ3) is 1.14. The Bertz CT molecular complexity index is 400. The van der Waals surface area contributed by atoms with E-state index in [-0.39, 0.29) is 16.7 Å². The summed E-state index contributed by atoms with van der Waals surface area (Å²) in [7, 11) is 0. The summed E-state index contributed by atoms with van der Waals surface area (Å²) in [4.78, 5) is -2.81. The second-order valence-electron chi connectivity index (χ2n) is 3.40. The molecular weight excluding hydrogens is 325 g/mol. The number of halogens is 6. The second kappa shape index (κ2) is 3.35. The minimum absolute atomic E-state index is 0.0670. The van der Waals surface area contributed by atoms with Gasteiger partial charge in [0, 0.05) is 0 Å². The molecule has 0 aliphatic heterocycles. The summed E-state index contributed by atoms with van der Waals surface area (Å²) in [6.45, 7) is -0.334. The summed E-state index contributed by atoms with van der Waals surface area (Å²) in [5, 5.41) is 9.32. The molecule has 0 fully saturated rings. The van der Waals surface area contributed by atoms with Crippen LogP contribution in [0.1, 0.15) is 0 Å². The summed E-state index contributed by atoms with van der Waals surface area (Å²) in [5.41, 5.74) is 0.360. The maximum absolute atomic E-state index is 9.15. The van der Waals surface area contributed by atoms with Gasteiger partial charge in [-0.05, 0) is 5.57 Å². The zero-order valence-electron chi connectivity index (χ0n) is 7.00. The number of alkyl halides is 4. The highest BCUT2D eigenvalue weighted by Crippen LogP contribution is 2.71. The number of fused-ring (bicyclic) bond motifs is 2. The summed E-state index contributed by atoms with van der Waals surface area (Å²) >= 11 is 36.5. The van der Waals surface area contributed by atoms with Crippen molar-refractivity contribution in [2.45, 2.75) is 14.1 Å². The monoisotopic (exact) mass is 326 g/mol. The zero-order chi connectivity index (χ0) is 11.6. The lowest BCUT2D eigenvalue weighted by Gasteiger charge is -2.32. The first kappa shape index (κ1) is 12.6. The van der Waals surface area contributed by atoms with Gasteiger partial charge in [-0.2, -0.15) is 0 Å². The normalized spacial score (nSPS) is 42.5. The number of aliphatic hydroxyl groups excluding tert-OH is 1. The Morgan fingerprint density at radius 1 is 1.07 bits per heavy atom. The van der Waals surface area contributed by atoms with Gasteiger partial charge in [0.15, 0.2) is 4.33 Å². The van der Waals surface area contributed by atoms with Gasteiger partial charge in [-0.15, -0.1) is 23.2 Å². The molecular formula is C8H4Cl6O. The molecule has 0 saturated carbocycles. The van der Waals surface area contributed by atoms with Crippen molar-refractivity contribution in [3.8, 4) is 0 Å². The molecule has 15 heavy (non-hydrogen) atoms. The van der Waals surface area contributed by atoms with Gasteiger partial charge in [-0.3, -0.25) is 0 Å². The molecule has 84 valence electrons. The molecule has 0 unspecified atom stereocenters. The summed E-state index contributed by atoms with van der Waals surface area (Å²) in [6, 6.07) is 0. The maximum Gasteiger partial charge on any atom is 0.173 e. The van der Waals surface area contributed by atoms with E-state index in [2.05, 4.69) is 0 Å². The predicted octanol–water partition coefficient (Wildman–Crippen LogP) is 3.75. The van der Waals surface area contributed by atoms with Gasteiger partial charge < -0.3 is 5.11 Å². The molecule has 2 rings (SSSR count). The smallest absolute Gasteiger partial charge is 0.173 e. The van der Waals surface area contributed by atoms with Crippen molar-refractivity contribution in [2.75, 3.05) is 6.61 Å². The van der Waals surface area contributed by atoms with E-state index in [4.69, 9.17) is 74.7 Å². The van der Waals surface area contributed by atoms with Crippen molar-refractivity contribution in [2.24, 2.45) is 0 Å². The van der Waals surface area contributed by atoms with E-state index in [0.29, 0.717) is 5.57 Å². The van der Waals surface area contributed by atoms with Crippen molar-refractivity contribution in [1.29, 1.82) is 0 Å². The predicted molar refractivity (Wildman–Crippen MR) is 65.5 cm³/mol. The van der Waals surface area contributed by atoms with Gasteiger partial charge in [0.05, 0.1) is 16.7 Å². The standard InChI is InChI=1S/C8H4Cl6O/c9-4-5(10)7(12)3(2-15)1-6(4,11)8(7,13)14/h1,15H,2H2/t6-,7+/m0/s1. The summed E-state index contributed by atoms with van der Waals surface area (Å²) in [6.07, 6.45) is 1.45. The number of hydrogen-bond donors (Lipinski definition) is 1. The van der Waals surface area contributed by atoms with Crippen molar-refractivity contribution in [3.05, 3.63) is 21.7 Å². The van der Waals surface area contributed by atoms with Crippen LogP contribution in [0.5, 0.6) is 0 Å². The molecule has 2 aliphatic carbocycles. The highest BCUT2D eigenvalue weighted by atomic mass is 35.5. The minimum atomic E-state index is -1.60. The van der Waals surface area contributed by atoms with Gasteiger partial charge in [-0.1, -0.05) is 52.5 Å². The molecule has 1 N–H and O–H groups in total. The quantitative estimate of drug-likeness (QED) is 0.574. The van der Waals surface area contributed by atoms with Crippen LogP contribution in [0, 0.1) is 0 Å². The third-order valence-electron chi connectivity index (χ3n) is 2.69. The Morgan fingerprint density at radius 2 is 1.60 bits per heavy atom. The van der Waals surface area contributed by atoms with Crippen LogP contribution in [0.3, 0.4) is 0 Å². The average Bonchev–Trinajstić information content (AvgIpc) is 2.39. The lowest BCUT2D eigenvalue weighted by atomic mass is 10.0. The first-order chi connectivity index (χ1) is 6.73. The van der Waals surface area contributed by atoms with Crippen LogP contribution >= 0.6 is 69.6 Å². The number of hydrogen-bond acceptors (Lipinski definition) is 1. The van der Waals surface area contributed by atoms with Crippen LogP contribution in [0.4, 0.5) is 0 Å². The fraction of sp³-hybridized carbons (Fsp3) is 0.500. The third-order valence-corrected chi connectivity index (χ3v) is 6.79. The summed E-state index contributed by atoms with van der Waals surface area (Å²) in [5.74, 6) is 0. The zero-order valence-corrected chi connectivity index (χ0v) is 11.5. The van der Waals surface area contributed by atoms with Gasteiger partial charge in [0.25, 0.3) is 0 Å². The first-order valence-electron chi connectivity index (χ1n) is 3.88. The highest BCUT2D eigenvalue weighted by Gasteiger charge is 2.74. The number of allylic oxidation sites excluding steroid dienone is 3. The van der Waals surface area contributed by atoms with E-state index in [1.807, 2.05) is 0 Å². The summed E-state index contributed by atoms with van der Waals surface area (Å²) < 4.78 is -1.60. The van der Waals surface area contributed by atoms with Gasteiger partial charge >= 0.3 is 0 Å². The number of aliphatic hydroxyl groups is 1. The van der Waals surface area contributed by atoms with Crippen molar-refractivity contribution < 1.29 is 5.11 Å². The molecule has 7 heteroatoms. The lowest BCUT2D eigenvalue weighted by molar-refractivity contribution is 0.323. The fourth-order valence-corrected chi connectivity index (χ4v) is 4.37. The second-order valence-corrected chi connectivity index (χ2v) is 6.65. The molecule has 2 atom stereocenters. The Hall–Kier alpha value is 1.18. The molecule has 1 nitrogen and oxygen atoms in total. The van der Waals surface area contributed by atoms with Crippen molar-refractivity contribution >= 4 is 69.6 Å². The largest absolute Gasteiger partial charge is 0.392 e. The Balaban J connectivity index is 2.71. The van der Waals surface area contributed by atoms with Gasteiger partial charge in [-0.25, -0.2) is 0 Å². The van der Waals surface area contributed by atoms with E-state index < -0.39 is 14.1 Å². The molecule has 0 saturated heterocycles. The molecule has 0 amide bonds. The van der Waals surface area contributed by atoms with E-state index in [1.165, 1.54) is 6.08 Å². The van der Waals surface area contributed by atoms with Gasteiger partial charge in [0.2, 0.25) is 0 Å². The van der Waals surface area contributed by atoms with Crippen LogP contribution in [0.2, 0.25) is 0 Å². The van der Waals surface area contributed by atoms with E-state index in [9.17, 15) is 0 Å². The Labute approximate surface area is 117 Å². The minimum Gasteiger partial charge on any atom is -0.392 e. The maximum atomic E-state index is 9.15. The molecule has 0 aromatic heterocycles. The first-order valence-corrected chi connectivity index (χ1v) is 6.15. The molecule has 0 radical (unpaired) electrons. The molecule has 2 aliphatic rings. The van der Waals surface area contributed by atoms with E-state index >= 15 is 0 Å². The van der Waals surface area contributed by atoms with Crippen molar-refractivity contribution in [3.63, 3.8) is 0 Å². The van der Waals surface area contributed by atoms with Crippen LogP contribution < -0.4 is 0 Å². The van der Waals surface area contributed by atoms with E-state index in [1.54, 1.807) is 0 Å². The lowest BCUT2D eigenvalue weighted by Crippen LogP contribution is -2.45. The van der Waals surface area contributed by atoms with Gasteiger partial charge in [0.1, 0.15) is 9.75 Å². The molecule has 0 aromatic rings. The Morgan fingerprint density at radius 3 is 1.93 bits per heavy atom. The van der Waals surface area contributed by atoms with Crippen LogP contribution in [-0.4, -0.2) is 25.8 Å². The Kier molecular flexibility index (Phi) is 2.82. The molecule has 0 aromatic carbocycles. The highest BCUT2D eigenvalue weighted by molar-refractivity contribution is 6.66. The average molecular weight is 329 g/mol. The number of rotatable bonds is 1. The molecule has 0 spiro atoms. The fourth-order valence-electron chi connectivity index (χ4n) is 1.83. The topological polar surface area (TPSA) is 20.2 Å². The molecule has 0 heterocycles. The van der Waals surface area contributed by atoms with Crippen LogP contribution in [0.15, 0.2) is 21.7 Å². The SMILES string of the molecule is OCC1=C[C@]2(Cl)C(Cl)=C(Cl)[C@@]1(Cl)C2(Cl)Cl. The van der Waals surface area contributed by atoms with Crippen LogP contribution in [0.25, 0.3) is 0 Å². The molecule has 2 bridgehead atoms.